The Bertz CT molecular complexity index is 581. The van der Waals surface area contributed by atoms with Gasteiger partial charge in [-0.1, -0.05) is 32.4 Å². The lowest BCUT2D eigenvalue weighted by Crippen LogP contribution is -2.07. The first kappa shape index (κ1) is 13.7. The number of furan rings is 1. The molecule has 1 aromatic carbocycles. The molecule has 0 fully saturated rings. The number of benzene rings is 1. The number of carbonyl (C=O) groups excluding carboxylic acids is 1. The third-order valence-corrected chi connectivity index (χ3v) is 3.32. The largest absolute Gasteiger partial charge is 0.425 e. The molecule has 1 heterocycles. The summed E-state index contributed by atoms with van der Waals surface area (Å²) in [5.41, 5.74) is 2.92. The number of hydrogen-bond donors (Lipinski definition) is 0. The van der Waals surface area contributed by atoms with Crippen molar-refractivity contribution in [1.82, 2.24) is 0 Å². The lowest BCUT2D eigenvalue weighted by molar-refractivity contribution is -0.135. The van der Waals surface area contributed by atoms with Crippen LogP contribution < -0.4 is 4.74 Å². The first-order chi connectivity index (χ1) is 9.17. The molecule has 0 unspecified atom stereocenters. The molecular weight excluding hydrogens is 240 g/mol. The fraction of sp³-hybridized carbons (Fsp3) is 0.438. The Hall–Kier alpha value is -1.77. The smallest absolute Gasteiger partial charge is 0.313 e. The van der Waals surface area contributed by atoms with Crippen molar-refractivity contribution in [3.05, 3.63) is 29.3 Å². The van der Waals surface area contributed by atoms with Crippen molar-refractivity contribution in [2.75, 3.05) is 0 Å². The maximum absolute atomic E-state index is 11.7. The fourth-order valence-electron chi connectivity index (χ4n) is 2.23. The van der Waals surface area contributed by atoms with Gasteiger partial charge in [0.15, 0.2) is 0 Å². The summed E-state index contributed by atoms with van der Waals surface area (Å²) >= 11 is 0. The molecule has 0 bridgehead atoms. The summed E-state index contributed by atoms with van der Waals surface area (Å²) in [6, 6.07) is 5.95. The van der Waals surface area contributed by atoms with E-state index < -0.39 is 0 Å². The summed E-state index contributed by atoms with van der Waals surface area (Å²) in [7, 11) is 0. The Morgan fingerprint density at radius 1 is 1.32 bits per heavy atom. The molecular formula is C16H20O3. The Morgan fingerprint density at radius 3 is 2.79 bits per heavy atom. The zero-order valence-electron chi connectivity index (χ0n) is 11.8. The second-order valence-corrected chi connectivity index (χ2v) is 4.74. The molecule has 19 heavy (non-hydrogen) atoms. The Labute approximate surface area is 113 Å². The zero-order valence-corrected chi connectivity index (χ0v) is 11.8. The molecule has 0 aliphatic heterocycles. The highest BCUT2D eigenvalue weighted by molar-refractivity contribution is 5.87. The molecule has 0 saturated carbocycles. The standard InChI is InChI=1S/C16H20O3/c1-4-6-10-14(17)19-16-11(3)15-12(5-2)8-7-9-13(15)18-16/h7-9H,4-6,10H2,1-3H3. The van der Waals surface area contributed by atoms with Gasteiger partial charge in [0, 0.05) is 17.4 Å². The molecule has 0 atom stereocenters. The predicted octanol–water partition coefficient (Wildman–Crippen LogP) is 4.40. The lowest BCUT2D eigenvalue weighted by atomic mass is 10.1. The summed E-state index contributed by atoms with van der Waals surface area (Å²) in [5.74, 6) is 0.124. The summed E-state index contributed by atoms with van der Waals surface area (Å²) < 4.78 is 11.0. The molecule has 0 N–H and O–H groups in total. The number of hydrogen-bond acceptors (Lipinski definition) is 3. The summed E-state index contributed by atoms with van der Waals surface area (Å²) in [4.78, 5) is 11.7. The number of carbonyl (C=O) groups is 1. The van der Waals surface area contributed by atoms with Crippen LogP contribution in [0.2, 0.25) is 0 Å². The van der Waals surface area contributed by atoms with Gasteiger partial charge in [-0.2, -0.15) is 0 Å². The highest BCUT2D eigenvalue weighted by atomic mass is 16.6. The second-order valence-electron chi connectivity index (χ2n) is 4.74. The van der Waals surface area contributed by atoms with Crippen LogP contribution in [0.15, 0.2) is 22.6 Å². The monoisotopic (exact) mass is 260 g/mol. The maximum Gasteiger partial charge on any atom is 0.313 e. The van der Waals surface area contributed by atoms with Crippen molar-refractivity contribution >= 4 is 16.9 Å². The number of esters is 1. The third kappa shape index (κ3) is 2.80. The molecule has 3 heteroatoms. The van der Waals surface area contributed by atoms with Gasteiger partial charge in [0.1, 0.15) is 5.58 Å². The van der Waals surface area contributed by atoms with E-state index in [4.69, 9.17) is 9.15 Å². The molecule has 2 aromatic rings. The number of fused-ring (bicyclic) bond motifs is 1. The van der Waals surface area contributed by atoms with E-state index in [2.05, 4.69) is 13.0 Å². The minimum absolute atomic E-state index is 0.220. The number of rotatable bonds is 5. The molecule has 0 amide bonds. The van der Waals surface area contributed by atoms with E-state index in [9.17, 15) is 4.79 Å². The van der Waals surface area contributed by atoms with E-state index in [1.165, 1.54) is 5.56 Å². The van der Waals surface area contributed by atoms with Crippen molar-refractivity contribution in [1.29, 1.82) is 0 Å². The van der Waals surface area contributed by atoms with Crippen LogP contribution in [0, 0.1) is 6.92 Å². The van der Waals surface area contributed by atoms with E-state index in [1.807, 2.05) is 26.0 Å². The molecule has 0 aliphatic rings. The Kier molecular flexibility index (Phi) is 4.25. The molecule has 0 radical (unpaired) electrons. The van der Waals surface area contributed by atoms with Crippen LogP contribution in [0.25, 0.3) is 11.0 Å². The van der Waals surface area contributed by atoms with Crippen molar-refractivity contribution in [3.8, 4) is 5.95 Å². The first-order valence-corrected chi connectivity index (χ1v) is 6.89. The number of aryl methyl sites for hydroxylation is 2. The van der Waals surface area contributed by atoms with E-state index in [0.29, 0.717) is 12.4 Å². The molecule has 3 nitrogen and oxygen atoms in total. The normalized spacial score (nSPS) is 10.9. The van der Waals surface area contributed by atoms with Crippen LogP contribution in [-0.2, 0) is 11.2 Å². The van der Waals surface area contributed by atoms with Crippen LogP contribution in [0.3, 0.4) is 0 Å². The van der Waals surface area contributed by atoms with Gasteiger partial charge in [0.05, 0.1) is 0 Å². The minimum atomic E-state index is -0.220. The van der Waals surface area contributed by atoms with Crippen LogP contribution >= 0.6 is 0 Å². The van der Waals surface area contributed by atoms with Gasteiger partial charge in [0.2, 0.25) is 0 Å². The van der Waals surface area contributed by atoms with Gasteiger partial charge in [-0.05, 0) is 31.4 Å². The molecule has 0 spiro atoms. The van der Waals surface area contributed by atoms with Gasteiger partial charge < -0.3 is 9.15 Å². The van der Waals surface area contributed by atoms with Gasteiger partial charge in [-0.3, -0.25) is 4.79 Å². The molecule has 1 aromatic heterocycles. The van der Waals surface area contributed by atoms with E-state index in [0.717, 1.165) is 35.8 Å². The van der Waals surface area contributed by atoms with Gasteiger partial charge >= 0.3 is 5.97 Å². The van der Waals surface area contributed by atoms with Gasteiger partial charge in [-0.25, -0.2) is 0 Å². The van der Waals surface area contributed by atoms with Gasteiger partial charge in [0.25, 0.3) is 5.95 Å². The first-order valence-electron chi connectivity index (χ1n) is 6.89. The molecule has 0 aliphatic carbocycles. The van der Waals surface area contributed by atoms with Crippen LogP contribution in [0.4, 0.5) is 0 Å². The van der Waals surface area contributed by atoms with Gasteiger partial charge in [-0.15, -0.1) is 0 Å². The van der Waals surface area contributed by atoms with Crippen LogP contribution in [0.5, 0.6) is 5.95 Å². The van der Waals surface area contributed by atoms with Crippen molar-refractivity contribution in [2.45, 2.75) is 46.5 Å². The second kappa shape index (κ2) is 5.91. The molecule has 102 valence electrons. The SMILES string of the molecule is CCCCC(=O)Oc1oc2cccc(CC)c2c1C. The van der Waals surface area contributed by atoms with Crippen LogP contribution in [0.1, 0.15) is 44.2 Å². The van der Waals surface area contributed by atoms with Crippen molar-refractivity contribution < 1.29 is 13.9 Å². The van der Waals surface area contributed by atoms with E-state index >= 15 is 0 Å². The topological polar surface area (TPSA) is 39.4 Å². The van der Waals surface area contributed by atoms with Crippen molar-refractivity contribution in [3.63, 3.8) is 0 Å². The van der Waals surface area contributed by atoms with E-state index in [1.54, 1.807) is 0 Å². The predicted molar refractivity (Wildman–Crippen MR) is 75.5 cm³/mol. The molecule has 0 saturated heterocycles. The minimum Gasteiger partial charge on any atom is -0.425 e. The lowest BCUT2D eigenvalue weighted by Gasteiger charge is -2.01. The quantitative estimate of drug-likeness (QED) is 0.748. The maximum atomic E-state index is 11.7. The third-order valence-electron chi connectivity index (χ3n) is 3.32. The number of ether oxygens (including phenoxy) is 1. The Balaban J connectivity index is 2.30. The summed E-state index contributed by atoms with van der Waals surface area (Å²) in [5, 5.41) is 1.07. The fourth-order valence-corrected chi connectivity index (χ4v) is 2.23. The highest BCUT2D eigenvalue weighted by Gasteiger charge is 2.16. The Morgan fingerprint density at radius 2 is 2.11 bits per heavy atom. The highest BCUT2D eigenvalue weighted by Crippen LogP contribution is 2.33. The average Bonchev–Trinajstić information content (AvgIpc) is 2.73. The van der Waals surface area contributed by atoms with Crippen molar-refractivity contribution in [2.24, 2.45) is 0 Å². The summed E-state index contributed by atoms with van der Waals surface area (Å²) in [6.45, 7) is 6.09. The molecule has 2 rings (SSSR count). The summed E-state index contributed by atoms with van der Waals surface area (Å²) in [6.07, 6.45) is 3.20. The number of unbranched alkanes of at least 4 members (excludes halogenated alkanes) is 1. The zero-order chi connectivity index (χ0) is 13.8. The average molecular weight is 260 g/mol. The van der Waals surface area contributed by atoms with Crippen LogP contribution in [-0.4, -0.2) is 5.97 Å². The van der Waals surface area contributed by atoms with E-state index in [-0.39, 0.29) is 5.97 Å².